The zero-order valence-corrected chi connectivity index (χ0v) is 8.88. The summed E-state index contributed by atoms with van der Waals surface area (Å²) in [6.07, 6.45) is 4.72. The van der Waals surface area contributed by atoms with E-state index in [-0.39, 0.29) is 11.3 Å². The summed E-state index contributed by atoms with van der Waals surface area (Å²) >= 11 is 5.76. The second kappa shape index (κ2) is 5.70. The van der Waals surface area contributed by atoms with Crippen LogP contribution in [0.15, 0.2) is 23.0 Å². The van der Waals surface area contributed by atoms with E-state index in [1.807, 2.05) is 6.92 Å². The lowest BCUT2D eigenvalue weighted by molar-refractivity contribution is 0.0952. The molecule has 14 heavy (non-hydrogen) atoms. The summed E-state index contributed by atoms with van der Waals surface area (Å²) in [5, 5.41) is 2.95. The topological polar surface area (TPSA) is 42.2 Å². The Morgan fingerprint density at radius 3 is 3.07 bits per heavy atom. The maximum absolute atomic E-state index is 11.3. The van der Waals surface area contributed by atoms with Crippen molar-refractivity contribution in [1.29, 1.82) is 0 Å². The van der Waals surface area contributed by atoms with E-state index in [0.717, 1.165) is 12.8 Å². The van der Waals surface area contributed by atoms with Gasteiger partial charge in [-0.2, -0.15) is 0 Å². The van der Waals surface area contributed by atoms with Gasteiger partial charge in [0.05, 0.1) is 11.8 Å². The molecule has 3 nitrogen and oxygen atoms in total. The molecule has 1 unspecified atom stereocenters. The summed E-state index contributed by atoms with van der Waals surface area (Å²) in [4.78, 5) is 11.3. The van der Waals surface area contributed by atoms with Gasteiger partial charge in [0.2, 0.25) is 0 Å². The smallest absolute Gasteiger partial charge is 0.254 e. The SMILES string of the molecule is CC(Cl)CCCNC(=O)c1ccoc1. The van der Waals surface area contributed by atoms with Gasteiger partial charge in [-0.3, -0.25) is 4.79 Å². The van der Waals surface area contributed by atoms with Gasteiger partial charge in [-0.25, -0.2) is 0 Å². The van der Waals surface area contributed by atoms with Crippen LogP contribution in [-0.4, -0.2) is 17.8 Å². The minimum absolute atomic E-state index is 0.0963. The van der Waals surface area contributed by atoms with Crippen molar-refractivity contribution >= 4 is 17.5 Å². The molecule has 78 valence electrons. The van der Waals surface area contributed by atoms with E-state index >= 15 is 0 Å². The molecule has 0 spiro atoms. The Kier molecular flexibility index (Phi) is 4.53. The second-order valence-electron chi connectivity index (χ2n) is 3.19. The molecule has 0 aliphatic rings. The van der Waals surface area contributed by atoms with Gasteiger partial charge in [-0.05, 0) is 25.8 Å². The van der Waals surface area contributed by atoms with Crippen LogP contribution in [0.2, 0.25) is 0 Å². The average molecular weight is 216 g/mol. The minimum atomic E-state index is -0.0963. The van der Waals surface area contributed by atoms with Gasteiger partial charge in [0.15, 0.2) is 0 Å². The quantitative estimate of drug-likeness (QED) is 0.606. The summed E-state index contributed by atoms with van der Waals surface area (Å²) in [6.45, 7) is 2.60. The van der Waals surface area contributed by atoms with Gasteiger partial charge in [-0.1, -0.05) is 0 Å². The van der Waals surface area contributed by atoms with Crippen LogP contribution < -0.4 is 5.32 Å². The van der Waals surface area contributed by atoms with E-state index < -0.39 is 0 Å². The van der Waals surface area contributed by atoms with Crippen molar-refractivity contribution < 1.29 is 9.21 Å². The Morgan fingerprint density at radius 2 is 2.50 bits per heavy atom. The number of carbonyl (C=O) groups is 1. The molecule has 0 radical (unpaired) electrons. The zero-order valence-electron chi connectivity index (χ0n) is 8.13. The molecule has 0 saturated heterocycles. The number of carbonyl (C=O) groups excluding carboxylic acids is 1. The van der Waals surface area contributed by atoms with Crippen LogP contribution in [0.4, 0.5) is 0 Å². The number of hydrogen-bond donors (Lipinski definition) is 1. The molecule has 0 aromatic carbocycles. The van der Waals surface area contributed by atoms with Gasteiger partial charge >= 0.3 is 0 Å². The number of furan rings is 1. The molecule has 1 N–H and O–H groups in total. The predicted octanol–water partition coefficient (Wildman–Crippen LogP) is 2.42. The van der Waals surface area contributed by atoms with Crippen LogP contribution in [0.3, 0.4) is 0 Å². The monoisotopic (exact) mass is 215 g/mol. The summed E-state index contributed by atoms with van der Waals surface area (Å²) in [7, 11) is 0. The molecular weight excluding hydrogens is 202 g/mol. The first kappa shape index (κ1) is 11.1. The molecule has 1 atom stereocenters. The van der Waals surface area contributed by atoms with Crippen molar-refractivity contribution in [2.24, 2.45) is 0 Å². The van der Waals surface area contributed by atoms with Gasteiger partial charge in [-0.15, -0.1) is 11.6 Å². The highest BCUT2D eigenvalue weighted by molar-refractivity contribution is 6.20. The normalized spacial score (nSPS) is 12.4. The van der Waals surface area contributed by atoms with Gasteiger partial charge in [0.1, 0.15) is 6.26 Å². The molecule has 0 aliphatic carbocycles. The first-order chi connectivity index (χ1) is 6.70. The van der Waals surface area contributed by atoms with Crippen molar-refractivity contribution in [2.75, 3.05) is 6.54 Å². The predicted molar refractivity (Wildman–Crippen MR) is 55.6 cm³/mol. The van der Waals surface area contributed by atoms with Gasteiger partial charge in [0.25, 0.3) is 5.91 Å². The minimum Gasteiger partial charge on any atom is -0.472 e. The van der Waals surface area contributed by atoms with Crippen LogP contribution in [-0.2, 0) is 0 Å². The Bertz CT molecular complexity index is 270. The fourth-order valence-electron chi connectivity index (χ4n) is 1.08. The summed E-state index contributed by atoms with van der Waals surface area (Å²) in [5.41, 5.74) is 0.559. The number of hydrogen-bond acceptors (Lipinski definition) is 2. The van der Waals surface area contributed by atoms with Crippen LogP contribution in [0.25, 0.3) is 0 Å². The van der Waals surface area contributed by atoms with E-state index in [1.165, 1.54) is 12.5 Å². The summed E-state index contributed by atoms with van der Waals surface area (Å²) in [5.74, 6) is -0.0963. The van der Waals surface area contributed by atoms with E-state index in [0.29, 0.717) is 12.1 Å². The van der Waals surface area contributed by atoms with Crippen LogP contribution in [0, 0.1) is 0 Å². The van der Waals surface area contributed by atoms with Crippen molar-refractivity contribution in [1.82, 2.24) is 5.32 Å². The third-order valence-corrected chi connectivity index (χ3v) is 2.07. The highest BCUT2D eigenvalue weighted by Gasteiger charge is 2.05. The maximum Gasteiger partial charge on any atom is 0.254 e. The largest absolute Gasteiger partial charge is 0.472 e. The molecular formula is C10H14ClNO2. The molecule has 0 aliphatic heterocycles. The molecule has 1 amide bonds. The van der Waals surface area contributed by atoms with Gasteiger partial charge in [0, 0.05) is 11.9 Å². The molecule has 1 aromatic heterocycles. The second-order valence-corrected chi connectivity index (χ2v) is 3.94. The Morgan fingerprint density at radius 1 is 1.71 bits per heavy atom. The summed E-state index contributed by atoms with van der Waals surface area (Å²) < 4.78 is 4.80. The highest BCUT2D eigenvalue weighted by Crippen LogP contribution is 2.03. The number of rotatable bonds is 5. The molecule has 0 bridgehead atoms. The lowest BCUT2D eigenvalue weighted by atomic mass is 10.2. The highest BCUT2D eigenvalue weighted by atomic mass is 35.5. The van der Waals surface area contributed by atoms with Crippen molar-refractivity contribution in [3.63, 3.8) is 0 Å². The molecule has 4 heteroatoms. The Hall–Kier alpha value is -0.960. The van der Waals surface area contributed by atoms with Crippen molar-refractivity contribution in [3.05, 3.63) is 24.2 Å². The molecule has 1 rings (SSSR count). The average Bonchev–Trinajstić information content (AvgIpc) is 2.64. The number of amides is 1. The summed E-state index contributed by atoms with van der Waals surface area (Å²) in [6, 6.07) is 1.64. The third-order valence-electron chi connectivity index (χ3n) is 1.85. The lowest BCUT2D eigenvalue weighted by Gasteiger charge is -2.04. The van der Waals surface area contributed by atoms with E-state index in [9.17, 15) is 4.79 Å². The van der Waals surface area contributed by atoms with Crippen molar-refractivity contribution in [2.45, 2.75) is 25.1 Å². The standard InChI is InChI=1S/C10H14ClNO2/c1-8(11)3-2-5-12-10(13)9-4-6-14-7-9/h4,6-8H,2-3,5H2,1H3,(H,12,13). The lowest BCUT2D eigenvalue weighted by Crippen LogP contribution is -2.24. The van der Waals surface area contributed by atoms with Crippen LogP contribution in [0.5, 0.6) is 0 Å². The van der Waals surface area contributed by atoms with E-state index in [1.54, 1.807) is 6.07 Å². The third kappa shape index (κ3) is 3.83. The number of alkyl halides is 1. The van der Waals surface area contributed by atoms with Crippen molar-refractivity contribution in [3.8, 4) is 0 Å². The van der Waals surface area contributed by atoms with Gasteiger partial charge < -0.3 is 9.73 Å². The van der Waals surface area contributed by atoms with Crippen LogP contribution >= 0.6 is 11.6 Å². The Balaban J connectivity index is 2.16. The van der Waals surface area contributed by atoms with E-state index in [2.05, 4.69) is 5.32 Å². The molecule has 1 heterocycles. The maximum atomic E-state index is 11.3. The first-order valence-corrected chi connectivity index (χ1v) is 5.08. The molecule has 0 saturated carbocycles. The fourth-order valence-corrected chi connectivity index (χ4v) is 1.24. The fraction of sp³-hybridized carbons (Fsp3) is 0.500. The van der Waals surface area contributed by atoms with Crippen LogP contribution in [0.1, 0.15) is 30.1 Å². The molecule has 0 fully saturated rings. The number of halogens is 1. The first-order valence-electron chi connectivity index (χ1n) is 4.64. The molecule has 1 aromatic rings. The zero-order chi connectivity index (χ0) is 10.4. The Labute approximate surface area is 88.4 Å². The number of nitrogens with one attached hydrogen (secondary N) is 1. The van der Waals surface area contributed by atoms with E-state index in [4.69, 9.17) is 16.0 Å².